The highest BCUT2D eigenvalue weighted by Gasteiger charge is 2.26. The molecule has 0 spiro atoms. The highest BCUT2D eigenvalue weighted by Crippen LogP contribution is 2.16. The van der Waals surface area contributed by atoms with E-state index < -0.39 is 12.0 Å². The molecule has 1 heterocycles. The number of aliphatic carboxylic acids is 1. The molecule has 0 aliphatic heterocycles. The van der Waals surface area contributed by atoms with Crippen LogP contribution in [0.4, 0.5) is 0 Å². The van der Waals surface area contributed by atoms with Gasteiger partial charge in [-0.1, -0.05) is 78.6 Å². The lowest BCUT2D eigenvalue weighted by Crippen LogP contribution is -2.26. The average Bonchev–Trinajstić information content (AvgIpc) is 2.96. The predicted molar refractivity (Wildman–Crippen MR) is 94.9 cm³/mol. The van der Waals surface area contributed by atoms with E-state index in [-0.39, 0.29) is 5.92 Å². The molecule has 0 bridgehead atoms. The molecular weight excluding hydrogens is 304 g/mol. The van der Waals surface area contributed by atoms with Crippen molar-refractivity contribution in [2.24, 2.45) is 5.92 Å². The van der Waals surface area contributed by atoms with Crippen molar-refractivity contribution in [3.63, 3.8) is 0 Å². The van der Waals surface area contributed by atoms with Crippen molar-refractivity contribution in [1.82, 2.24) is 20.2 Å². The first-order valence-corrected chi connectivity index (χ1v) is 9.57. The number of unbranched alkanes of at least 4 members (excludes halogenated alkanes) is 9. The summed E-state index contributed by atoms with van der Waals surface area (Å²) in [6.07, 6.45) is 13.7. The van der Waals surface area contributed by atoms with Crippen LogP contribution < -0.4 is 0 Å². The van der Waals surface area contributed by atoms with Crippen molar-refractivity contribution in [3.8, 4) is 0 Å². The number of carboxylic acids is 1. The summed E-state index contributed by atoms with van der Waals surface area (Å²) in [5.41, 5.74) is 0. The Morgan fingerprint density at radius 1 is 1.00 bits per heavy atom. The lowest BCUT2D eigenvalue weighted by molar-refractivity contribution is -0.143. The molecule has 0 radical (unpaired) electrons. The lowest BCUT2D eigenvalue weighted by atomic mass is 10.1. The van der Waals surface area contributed by atoms with Crippen LogP contribution in [0.15, 0.2) is 0 Å². The molecular formula is C18H34N4O2. The summed E-state index contributed by atoms with van der Waals surface area (Å²) in [4.78, 5) is 12.5. The SMILES string of the molecule is CCCCCCCCCCCCc1nnn(C(C(=O)O)C(C)C)n1. The maximum absolute atomic E-state index is 11.3. The Morgan fingerprint density at radius 3 is 2.04 bits per heavy atom. The number of hydrogen-bond donors (Lipinski definition) is 1. The van der Waals surface area contributed by atoms with E-state index in [1.807, 2.05) is 13.8 Å². The summed E-state index contributed by atoms with van der Waals surface area (Å²) in [5, 5.41) is 21.4. The van der Waals surface area contributed by atoms with Crippen LogP contribution in [0.1, 0.15) is 96.8 Å². The zero-order valence-corrected chi connectivity index (χ0v) is 15.6. The van der Waals surface area contributed by atoms with E-state index in [1.165, 1.54) is 62.6 Å². The van der Waals surface area contributed by atoms with Gasteiger partial charge in [0.05, 0.1) is 0 Å². The smallest absolute Gasteiger partial charge is 0.330 e. The van der Waals surface area contributed by atoms with E-state index in [0.29, 0.717) is 5.82 Å². The first-order chi connectivity index (χ1) is 11.6. The molecule has 1 atom stereocenters. The van der Waals surface area contributed by atoms with Gasteiger partial charge in [-0.25, -0.2) is 4.79 Å². The largest absolute Gasteiger partial charge is 0.480 e. The van der Waals surface area contributed by atoms with E-state index in [2.05, 4.69) is 22.3 Å². The summed E-state index contributed by atoms with van der Waals surface area (Å²) in [6.45, 7) is 5.95. The van der Waals surface area contributed by atoms with Gasteiger partial charge >= 0.3 is 5.97 Å². The van der Waals surface area contributed by atoms with E-state index >= 15 is 0 Å². The highest BCUT2D eigenvalue weighted by atomic mass is 16.4. The van der Waals surface area contributed by atoms with E-state index in [9.17, 15) is 9.90 Å². The summed E-state index contributed by atoms with van der Waals surface area (Å²) < 4.78 is 0. The number of carbonyl (C=O) groups is 1. The van der Waals surface area contributed by atoms with Crippen LogP contribution in [-0.2, 0) is 11.2 Å². The molecule has 0 aliphatic rings. The van der Waals surface area contributed by atoms with Gasteiger partial charge in [-0.2, -0.15) is 0 Å². The fourth-order valence-electron chi connectivity index (χ4n) is 2.89. The minimum absolute atomic E-state index is 0.0677. The molecule has 0 saturated carbocycles. The average molecular weight is 338 g/mol. The van der Waals surface area contributed by atoms with Gasteiger partial charge in [0.15, 0.2) is 11.9 Å². The number of carboxylic acid groups (broad SMARTS) is 1. The topological polar surface area (TPSA) is 80.9 Å². The van der Waals surface area contributed by atoms with Gasteiger partial charge in [-0.05, 0) is 17.6 Å². The van der Waals surface area contributed by atoms with Crippen molar-refractivity contribution in [2.75, 3.05) is 0 Å². The van der Waals surface area contributed by atoms with Crippen molar-refractivity contribution in [3.05, 3.63) is 5.82 Å². The van der Waals surface area contributed by atoms with Crippen LogP contribution in [0.5, 0.6) is 0 Å². The number of nitrogens with zero attached hydrogens (tertiary/aromatic N) is 4. The van der Waals surface area contributed by atoms with Gasteiger partial charge in [0.25, 0.3) is 0 Å². The quantitative estimate of drug-likeness (QED) is 0.508. The van der Waals surface area contributed by atoms with Gasteiger partial charge < -0.3 is 5.11 Å². The second-order valence-corrected chi connectivity index (χ2v) is 6.99. The first-order valence-electron chi connectivity index (χ1n) is 9.57. The fraction of sp³-hybridized carbons (Fsp3) is 0.889. The Kier molecular flexibility index (Phi) is 10.3. The number of hydrogen-bond acceptors (Lipinski definition) is 4. The van der Waals surface area contributed by atoms with Crippen LogP contribution in [0.3, 0.4) is 0 Å². The summed E-state index contributed by atoms with van der Waals surface area (Å²) >= 11 is 0. The molecule has 24 heavy (non-hydrogen) atoms. The van der Waals surface area contributed by atoms with Crippen LogP contribution in [0, 0.1) is 5.92 Å². The van der Waals surface area contributed by atoms with Crippen LogP contribution in [0.2, 0.25) is 0 Å². The molecule has 1 N–H and O–H groups in total. The third-order valence-corrected chi connectivity index (χ3v) is 4.36. The Labute approximate surface area is 146 Å². The minimum Gasteiger partial charge on any atom is -0.480 e. The molecule has 138 valence electrons. The zero-order valence-electron chi connectivity index (χ0n) is 15.6. The van der Waals surface area contributed by atoms with Gasteiger partial charge in [0, 0.05) is 6.42 Å². The molecule has 1 unspecified atom stereocenters. The monoisotopic (exact) mass is 338 g/mol. The van der Waals surface area contributed by atoms with Gasteiger partial charge in [-0.15, -0.1) is 15.0 Å². The molecule has 6 nitrogen and oxygen atoms in total. The molecule has 0 amide bonds. The molecule has 1 aromatic heterocycles. The van der Waals surface area contributed by atoms with Crippen molar-refractivity contribution >= 4 is 5.97 Å². The van der Waals surface area contributed by atoms with Gasteiger partial charge in [0.2, 0.25) is 0 Å². The van der Waals surface area contributed by atoms with Gasteiger partial charge in [-0.3, -0.25) is 0 Å². The third kappa shape index (κ3) is 7.88. The van der Waals surface area contributed by atoms with Gasteiger partial charge in [0.1, 0.15) is 0 Å². The lowest BCUT2D eigenvalue weighted by Gasteiger charge is -2.13. The van der Waals surface area contributed by atoms with E-state index in [0.717, 1.165) is 12.8 Å². The zero-order chi connectivity index (χ0) is 17.8. The molecule has 0 aromatic carbocycles. The van der Waals surface area contributed by atoms with Crippen molar-refractivity contribution < 1.29 is 9.90 Å². The second-order valence-electron chi connectivity index (χ2n) is 6.99. The molecule has 6 heteroatoms. The number of tetrazole rings is 1. The number of rotatable bonds is 14. The predicted octanol–water partition coefficient (Wildman–Crippen LogP) is 4.42. The molecule has 1 aromatic rings. The normalized spacial score (nSPS) is 12.7. The summed E-state index contributed by atoms with van der Waals surface area (Å²) in [5.74, 6) is -0.323. The Balaban J connectivity index is 2.15. The van der Waals surface area contributed by atoms with E-state index in [1.54, 1.807) is 0 Å². The number of aromatic nitrogens is 4. The van der Waals surface area contributed by atoms with Crippen LogP contribution in [0.25, 0.3) is 0 Å². The molecule has 0 saturated heterocycles. The third-order valence-electron chi connectivity index (χ3n) is 4.36. The Morgan fingerprint density at radius 2 is 1.54 bits per heavy atom. The first kappa shape index (κ1) is 20.6. The van der Waals surface area contributed by atoms with Crippen molar-refractivity contribution in [2.45, 2.75) is 97.4 Å². The molecule has 0 fully saturated rings. The standard InChI is InChI=1S/C18H34N4O2/c1-4-5-6-7-8-9-10-11-12-13-14-16-19-21-22(20-16)17(15(2)3)18(23)24/h15,17H,4-14H2,1-3H3,(H,23,24). The van der Waals surface area contributed by atoms with Crippen LogP contribution >= 0.6 is 0 Å². The second kappa shape index (κ2) is 12.0. The Hall–Kier alpha value is -1.46. The van der Waals surface area contributed by atoms with E-state index in [4.69, 9.17) is 0 Å². The highest BCUT2D eigenvalue weighted by molar-refractivity contribution is 5.71. The summed E-state index contributed by atoms with van der Waals surface area (Å²) in [7, 11) is 0. The number of aryl methyl sites for hydroxylation is 1. The Bertz CT molecular complexity index is 460. The maximum atomic E-state index is 11.3. The minimum atomic E-state index is -0.909. The van der Waals surface area contributed by atoms with Crippen LogP contribution in [-0.4, -0.2) is 31.3 Å². The molecule has 0 aliphatic carbocycles. The maximum Gasteiger partial charge on any atom is 0.330 e. The fourth-order valence-corrected chi connectivity index (χ4v) is 2.89. The molecule has 1 rings (SSSR count). The summed E-state index contributed by atoms with van der Waals surface area (Å²) in [6, 6.07) is -0.737. The van der Waals surface area contributed by atoms with Crippen molar-refractivity contribution in [1.29, 1.82) is 0 Å².